The molecule has 0 nitrogen and oxygen atoms in total. The van der Waals surface area contributed by atoms with Gasteiger partial charge in [0.1, 0.15) is 0 Å². The number of aryl methyl sites for hydroxylation is 1. The van der Waals surface area contributed by atoms with Crippen LogP contribution in [-0.4, -0.2) is 0 Å². The smallest absolute Gasteiger partial charge is 0.0248 e. The zero-order valence-electron chi connectivity index (χ0n) is 20.7. The largest absolute Gasteiger partial charge is 0.0654 e. The molecule has 0 spiro atoms. The standard InChI is InChI=1S/C31H40Br2/c1-3-5-7-9-11-13-15-26-25-18-17-22-19-24(32)20-23-21-28(30(25)29(22)23)27(31(26)33)16-14-12-10-8-6-4-2/h17-20H,3-16,21H2,1-2H3. The van der Waals surface area contributed by atoms with E-state index in [1.165, 1.54) is 121 Å². The molecule has 3 aromatic rings. The molecule has 2 heteroatoms. The van der Waals surface area contributed by atoms with E-state index in [0.29, 0.717) is 0 Å². The summed E-state index contributed by atoms with van der Waals surface area (Å²) in [6.07, 6.45) is 19.8. The van der Waals surface area contributed by atoms with Crippen molar-refractivity contribution in [3.63, 3.8) is 0 Å². The fourth-order valence-electron chi connectivity index (χ4n) is 5.86. The lowest BCUT2D eigenvalue weighted by Crippen LogP contribution is -2.01. The van der Waals surface area contributed by atoms with Crippen LogP contribution in [-0.2, 0) is 19.3 Å². The first-order valence-corrected chi connectivity index (χ1v) is 15.1. The van der Waals surface area contributed by atoms with Gasteiger partial charge in [0.2, 0.25) is 0 Å². The van der Waals surface area contributed by atoms with E-state index in [-0.39, 0.29) is 0 Å². The normalized spacial score (nSPS) is 12.6. The van der Waals surface area contributed by atoms with Crippen molar-refractivity contribution in [1.29, 1.82) is 0 Å². The molecule has 0 saturated carbocycles. The van der Waals surface area contributed by atoms with Gasteiger partial charge in [-0.15, -0.1) is 0 Å². The van der Waals surface area contributed by atoms with Crippen molar-refractivity contribution in [2.45, 2.75) is 110 Å². The van der Waals surface area contributed by atoms with E-state index in [2.05, 4.69) is 70.0 Å². The third kappa shape index (κ3) is 5.69. The fourth-order valence-corrected chi connectivity index (χ4v) is 7.23. The first-order valence-electron chi connectivity index (χ1n) is 13.5. The summed E-state index contributed by atoms with van der Waals surface area (Å²) in [5.41, 5.74) is 6.30. The van der Waals surface area contributed by atoms with Crippen LogP contribution in [0.3, 0.4) is 0 Å². The van der Waals surface area contributed by atoms with Gasteiger partial charge in [0.05, 0.1) is 0 Å². The van der Waals surface area contributed by atoms with Crippen LogP contribution in [0.4, 0.5) is 0 Å². The van der Waals surface area contributed by atoms with Gasteiger partial charge in [-0.1, -0.05) is 122 Å². The van der Waals surface area contributed by atoms with Crippen molar-refractivity contribution in [2.75, 3.05) is 0 Å². The van der Waals surface area contributed by atoms with Gasteiger partial charge in [-0.05, 0) is 88.0 Å². The lowest BCUT2D eigenvalue weighted by molar-refractivity contribution is 0.604. The van der Waals surface area contributed by atoms with Gasteiger partial charge in [-0.3, -0.25) is 0 Å². The Morgan fingerprint density at radius 1 is 0.667 bits per heavy atom. The van der Waals surface area contributed by atoms with E-state index in [9.17, 15) is 0 Å². The van der Waals surface area contributed by atoms with Gasteiger partial charge in [-0.2, -0.15) is 0 Å². The predicted molar refractivity (Wildman–Crippen MR) is 154 cm³/mol. The minimum atomic E-state index is 1.09. The van der Waals surface area contributed by atoms with Crippen LogP contribution in [0.1, 0.15) is 113 Å². The zero-order chi connectivity index (χ0) is 23.2. The second-order valence-corrected chi connectivity index (χ2v) is 11.8. The monoisotopic (exact) mass is 570 g/mol. The van der Waals surface area contributed by atoms with Crippen molar-refractivity contribution in [2.24, 2.45) is 0 Å². The Kier molecular flexibility index (Phi) is 9.34. The van der Waals surface area contributed by atoms with Crippen LogP contribution in [0.25, 0.3) is 21.5 Å². The number of unbranched alkanes of at least 4 members (excludes halogenated alkanes) is 10. The summed E-state index contributed by atoms with van der Waals surface area (Å²) < 4.78 is 2.64. The molecule has 1 aliphatic carbocycles. The summed E-state index contributed by atoms with van der Waals surface area (Å²) in [6.45, 7) is 4.60. The highest BCUT2D eigenvalue weighted by Crippen LogP contribution is 2.46. The Bertz CT molecular complexity index is 1100. The van der Waals surface area contributed by atoms with E-state index in [0.717, 1.165) is 6.42 Å². The maximum Gasteiger partial charge on any atom is 0.0248 e. The molecule has 0 saturated heterocycles. The molecule has 3 aromatic carbocycles. The lowest BCUT2D eigenvalue weighted by atomic mass is 9.90. The van der Waals surface area contributed by atoms with Crippen LogP contribution < -0.4 is 0 Å². The Labute approximate surface area is 218 Å². The van der Waals surface area contributed by atoms with Crippen LogP contribution >= 0.6 is 31.9 Å². The Morgan fingerprint density at radius 3 is 1.94 bits per heavy atom. The van der Waals surface area contributed by atoms with Crippen LogP contribution in [0.15, 0.2) is 33.2 Å². The molecule has 0 heterocycles. The summed E-state index contributed by atoms with van der Waals surface area (Å²) in [5.74, 6) is 0. The molecular formula is C31H40Br2. The molecule has 0 atom stereocenters. The average Bonchev–Trinajstić information content (AvgIpc) is 3.18. The number of hydrogen-bond donors (Lipinski definition) is 0. The molecule has 0 aliphatic heterocycles. The minimum absolute atomic E-state index is 1.09. The molecule has 0 N–H and O–H groups in total. The van der Waals surface area contributed by atoms with Gasteiger partial charge < -0.3 is 0 Å². The summed E-state index contributed by atoms with van der Waals surface area (Å²) in [4.78, 5) is 0. The number of hydrogen-bond acceptors (Lipinski definition) is 0. The number of benzene rings is 3. The number of rotatable bonds is 14. The zero-order valence-corrected chi connectivity index (χ0v) is 23.8. The Balaban J connectivity index is 1.64. The van der Waals surface area contributed by atoms with Crippen molar-refractivity contribution in [3.8, 4) is 0 Å². The average molecular weight is 572 g/mol. The van der Waals surface area contributed by atoms with Crippen LogP contribution in [0.2, 0.25) is 0 Å². The molecule has 0 radical (unpaired) electrons. The van der Waals surface area contributed by atoms with Gasteiger partial charge in [0.15, 0.2) is 0 Å². The second kappa shape index (κ2) is 12.2. The summed E-state index contributed by atoms with van der Waals surface area (Å²) >= 11 is 7.91. The lowest BCUT2D eigenvalue weighted by Gasteiger charge is -2.18. The fraction of sp³-hybridized carbons (Fsp3) is 0.548. The van der Waals surface area contributed by atoms with E-state index < -0.39 is 0 Å². The van der Waals surface area contributed by atoms with Gasteiger partial charge in [0, 0.05) is 8.95 Å². The maximum absolute atomic E-state index is 4.15. The van der Waals surface area contributed by atoms with E-state index in [1.807, 2.05) is 0 Å². The Morgan fingerprint density at radius 2 is 1.27 bits per heavy atom. The van der Waals surface area contributed by atoms with Crippen LogP contribution in [0, 0.1) is 0 Å². The minimum Gasteiger partial charge on any atom is -0.0654 e. The SMILES string of the molecule is CCCCCCCCc1c(Br)c(CCCCCCCC)c2ccc3cc(Br)cc4c3c2c1C4. The molecule has 33 heavy (non-hydrogen) atoms. The van der Waals surface area contributed by atoms with Crippen molar-refractivity contribution in [3.05, 3.63) is 55.5 Å². The third-order valence-electron chi connectivity index (χ3n) is 7.61. The number of halogens is 2. The topological polar surface area (TPSA) is 0 Å². The van der Waals surface area contributed by atoms with Crippen molar-refractivity contribution >= 4 is 53.4 Å². The highest BCUT2D eigenvalue weighted by Gasteiger charge is 2.25. The quantitative estimate of drug-likeness (QED) is 0.104. The first kappa shape index (κ1) is 25.2. The molecule has 0 unspecified atom stereocenters. The highest BCUT2D eigenvalue weighted by molar-refractivity contribution is 9.10. The van der Waals surface area contributed by atoms with E-state index in [4.69, 9.17) is 0 Å². The molecule has 0 bridgehead atoms. The first-order chi connectivity index (χ1) is 16.2. The summed E-state index contributed by atoms with van der Waals surface area (Å²) in [6, 6.07) is 9.42. The highest BCUT2D eigenvalue weighted by atomic mass is 79.9. The van der Waals surface area contributed by atoms with Gasteiger partial charge in [0.25, 0.3) is 0 Å². The molecule has 1 aliphatic rings. The van der Waals surface area contributed by atoms with Crippen molar-refractivity contribution in [1.82, 2.24) is 0 Å². The van der Waals surface area contributed by atoms with Gasteiger partial charge >= 0.3 is 0 Å². The molecule has 4 rings (SSSR count). The third-order valence-corrected chi connectivity index (χ3v) is 9.03. The van der Waals surface area contributed by atoms with Gasteiger partial charge in [-0.25, -0.2) is 0 Å². The second-order valence-electron chi connectivity index (χ2n) is 10.1. The molecule has 0 fully saturated rings. The molecule has 0 amide bonds. The van der Waals surface area contributed by atoms with E-state index in [1.54, 1.807) is 22.1 Å². The van der Waals surface area contributed by atoms with Crippen LogP contribution in [0.5, 0.6) is 0 Å². The predicted octanol–water partition coefficient (Wildman–Crippen LogP) is 11.2. The molecule has 0 aromatic heterocycles. The Hall–Kier alpha value is -0.860. The van der Waals surface area contributed by atoms with E-state index >= 15 is 0 Å². The molecular weight excluding hydrogens is 532 g/mol. The summed E-state index contributed by atoms with van der Waals surface area (Å²) in [7, 11) is 0. The van der Waals surface area contributed by atoms with Crippen molar-refractivity contribution < 1.29 is 0 Å². The maximum atomic E-state index is 4.15. The summed E-state index contributed by atoms with van der Waals surface area (Å²) in [5, 5.41) is 5.99. The molecule has 178 valence electrons.